The van der Waals surface area contributed by atoms with Gasteiger partial charge in [-0.05, 0) is 36.7 Å². The van der Waals surface area contributed by atoms with Crippen LogP contribution in [0, 0.1) is 6.92 Å². The quantitative estimate of drug-likeness (QED) is 0.743. The van der Waals surface area contributed by atoms with E-state index < -0.39 is 15.9 Å². The van der Waals surface area contributed by atoms with Crippen molar-refractivity contribution in [2.45, 2.75) is 33.0 Å². The second-order valence-corrected chi connectivity index (χ2v) is 8.54. The van der Waals surface area contributed by atoms with E-state index in [4.69, 9.17) is 4.74 Å². The van der Waals surface area contributed by atoms with Crippen LogP contribution in [0.15, 0.2) is 4.47 Å². The second-order valence-electron chi connectivity index (χ2n) is 5.66. The average molecular weight is 409 g/mol. The number of H-pyrrole nitrogens is 1. The van der Waals surface area contributed by atoms with Crippen LogP contribution in [-0.2, 0) is 14.8 Å². The van der Waals surface area contributed by atoms with Crippen LogP contribution in [0.2, 0.25) is 0 Å². The fraction of sp³-hybridized carbons (Fsp3) is 0.692. The molecule has 10 heteroatoms. The Balaban J connectivity index is 1.90. The lowest BCUT2D eigenvalue weighted by Crippen LogP contribution is -2.49. The molecule has 1 aliphatic heterocycles. The van der Waals surface area contributed by atoms with Gasteiger partial charge in [-0.25, -0.2) is 8.42 Å². The average Bonchev–Trinajstić information content (AvgIpc) is 2.77. The molecule has 2 heterocycles. The monoisotopic (exact) mass is 408 g/mol. The van der Waals surface area contributed by atoms with E-state index in [9.17, 15) is 13.2 Å². The van der Waals surface area contributed by atoms with Crippen LogP contribution in [0.3, 0.4) is 0 Å². The maximum absolute atomic E-state index is 12.4. The first kappa shape index (κ1) is 18.4. The maximum Gasteiger partial charge on any atom is 0.272 e. The van der Waals surface area contributed by atoms with Crippen molar-refractivity contribution in [3.05, 3.63) is 15.9 Å². The summed E-state index contributed by atoms with van der Waals surface area (Å²) in [5.74, 6) is -0.570. The third-order valence-electron chi connectivity index (χ3n) is 3.51. The number of halogens is 1. The largest absolute Gasteiger partial charge is 0.373 e. The third kappa shape index (κ3) is 4.52. The van der Waals surface area contributed by atoms with Crippen LogP contribution in [0.4, 0.5) is 0 Å². The first-order chi connectivity index (χ1) is 10.7. The summed E-state index contributed by atoms with van der Waals surface area (Å²) >= 11 is 3.26. The highest BCUT2D eigenvalue weighted by Crippen LogP contribution is 2.18. The summed E-state index contributed by atoms with van der Waals surface area (Å²) in [7, 11) is -3.43. The number of morpholine rings is 1. The van der Waals surface area contributed by atoms with Gasteiger partial charge < -0.3 is 10.1 Å². The van der Waals surface area contributed by atoms with Crippen LogP contribution < -0.4 is 5.32 Å². The number of aromatic nitrogens is 2. The van der Waals surface area contributed by atoms with Gasteiger partial charge in [0.05, 0.1) is 22.4 Å². The van der Waals surface area contributed by atoms with Crippen molar-refractivity contribution >= 4 is 31.9 Å². The van der Waals surface area contributed by atoms with Crippen LogP contribution >= 0.6 is 15.9 Å². The van der Waals surface area contributed by atoms with Crippen molar-refractivity contribution in [3.8, 4) is 0 Å². The number of carbonyl (C=O) groups is 1. The Morgan fingerprint density at radius 1 is 1.43 bits per heavy atom. The smallest absolute Gasteiger partial charge is 0.272 e. The fourth-order valence-electron chi connectivity index (χ4n) is 2.43. The number of nitrogens with one attached hydrogen (secondary N) is 2. The summed E-state index contributed by atoms with van der Waals surface area (Å²) in [4.78, 5) is 12.0. The normalized spacial score (nSPS) is 23.0. The van der Waals surface area contributed by atoms with Crippen LogP contribution in [0.1, 0.15) is 30.0 Å². The lowest BCUT2D eigenvalue weighted by Gasteiger charge is -2.34. The van der Waals surface area contributed by atoms with Gasteiger partial charge in [0.25, 0.3) is 5.91 Å². The molecule has 1 amide bonds. The third-order valence-corrected chi connectivity index (χ3v) is 6.29. The molecule has 0 unspecified atom stereocenters. The van der Waals surface area contributed by atoms with E-state index in [0.717, 1.165) is 5.69 Å². The van der Waals surface area contributed by atoms with Crippen LogP contribution in [0.25, 0.3) is 0 Å². The topological polar surface area (TPSA) is 104 Å². The number of ether oxygens (including phenoxy) is 1. The minimum atomic E-state index is -3.43. The van der Waals surface area contributed by atoms with Crippen molar-refractivity contribution in [1.29, 1.82) is 0 Å². The number of nitrogens with zero attached hydrogens (tertiary/aromatic N) is 2. The number of aryl methyl sites for hydroxylation is 1. The number of amides is 1. The SMILES string of the molecule is Cc1[nH]nc(C(=O)NCCS(=O)(=O)N2C[C@@H](C)O[C@H](C)C2)c1Br. The van der Waals surface area contributed by atoms with E-state index in [1.807, 2.05) is 13.8 Å². The highest BCUT2D eigenvalue weighted by Gasteiger charge is 2.30. The van der Waals surface area contributed by atoms with E-state index in [2.05, 4.69) is 31.4 Å². The number of rotatable bonds is 5. The standard InChI is InChI=1S/C13H21BrN4O4S/c1-8-6-18(7-9(2)22-8)23(20,21)5-4-15-13(19)12-11(14)10(3)16-17-12/h8-9H,4-7H2,1-3H3,(H,15,19)(H,16,17)/t8-,9-/m1/s1. The molecule has 0 saturated carbocycles. The fourth-order valence-corrected chi connectivity index (χ4v) is 4.28. The zero-order valence-electron chi connectivity index (χ0n) is 13.3. The van der Waals surface area contributed by atoms with Gasteiger partial charge in [-0.3, -0.25) is 9.89 Å². The number of hydrogen-bond donors (Lipinski definition) is 2. The van der Waals surface area contributed by atoms with Gasteiger partial charge in [0, 0.05) is 25.3 Å². The van der Waals surface area contributed by atoms with Crippen molar-refractivity contribution < 1.29 is 17.9 Å². The molecule has 1 saturated heterocycles. The molecule has 1 fully saturated rings. The molecule has 1 aromatic rings. The molecule has 130 valence electrons. The Bertz CT molecular complexity index is 666. The first-order valence-corrected chi connectivity index (χ1v) is 9.73. The highest BCUT2D eigenvalue weighted by molar-refractivity contribution is 9.10. The molecule has 0 spiro atoms. The molecule has 23 heavy (non-hydrogen) atoms. The molecule has 0 radical (unpaired) electrons. The van der Waals surface area contributed by atoms with E-state index in [-0.39, 0.29) is 30.2 Å². The zero-order chi connectivity index (χ0) is 17.2. The zero-order valence-corrected chi connectivity index (χ0v) is 15.7. The molecule has 0 bridgehead atoms. The van der Waals surface area contributed by atoms with Gasteiger partial charge in [0.15, 0.2) is 5.69 Å². The van der Waals surface area contributed by atoms with Crippen molar-refractivity contribution in [3.63, 3.8) is 0 Å². The summed E-state index contributed by atoms with van der Waals surface area (Å²) in [5.41, 5.74) is 0.951. The summed E-state index contributed by atoms with van der Waals surface area (Å²) in [5, 5.41) is 9.15. The minimum Gasteiger partial charge on any atom is -0.373 e. The second kappa shape index (κ2) is 7.29. The van der Waals surface area contributed by atoms with Gasteiger partial charge in [-0.2, -0.15) is 9.40 Å². The van der Waals surface area contributed by atoms with Crippen molar-refractivity contribution in [1.82, 2.24) is 19.8 Å². The molecule has 2 N–H and O–H groups in total. The summed E-state index contributed by atoms with van der Waals surface area (Å²) in [6.45, 7) is 6.17. The molecule has 1 aromatic heterocycles. The molecule has 8 nitrogen and oxygen atoms in total. The number of carbonyl (C=O) groups excluding carboxylic acids is 1. The molecular formula is C13H21BrN4O4S. The Kier molecular flexibility index (Phi) is 5.82. The van der Waals surface area contributed by atoms with E-state index >= 15 is 0 Å². The predicted molar refractivity (Wildman–Crippen MR) is 88.7 cm³/mol. The number of sulfonamides is 1. The van der Waals surface area contributed by atoms with Crippen molar-refractivity contribution in [2.24, 2.45) is 0 Å². The number of aromatic amines is 1. The van der Waals surface area contributed by atoms with Gasteiger partial charge in [0.1, 0.15) is 0 Å². The lowest BCUT2D eigenvalue weighted by molar-refractivity contribution is -0.0440. The van der Waals surface area contributed by atoms with E-state index in [1.54, 1.807) is 6.92 Å². The molecule has 0 aliphatic carbocycles. The first-order valence-electron chi connectivity index (χ1n) is 7.32. The Morgan fingerprint density at radius 2 is 2.04 bits per heavy atom. The van der Waals surface area contributed by atoms with Crippen molar-refractivity contribution in [2.75, 3.05) is 25.4 Å². The summed E-state index contributed by atoms with van der Waals surface area (Å²) in [6.07, 6.45) is -0.266. The van der Waals surface area contributed by atoms with Gasteiger partial charge in [0.2, 0.25) is 10.0 Å². The van der Waals surface area contributed by atoms with Gasteiger partial charge in [-0.15, -0.1) is 0 Å². The highest BCUT2D eigenvalue weighted by atomic mass is 79.9. The maximum atomic E-state index is 12.4. The summed E-state index contributed by atoms with van der Waals surface area (Å²) in [6, 6.07) is 0. The Hall–Kier alpha value is -0.970. The molecular weight excluding hydrogens is 388 g/mol. The molecule has 1 aliphatic rings. The Labute approximate surface area is 144 Å². The Morgan fingerprint density at radius 3 is 2.57 bits per heavy atom. The van der Waals surface area contributed by atoms with E-state index in [1.165, 1.54) is 4.31 Å². The summed E-state index contributed by atoms with van der Waals surface area (Å²) < 4.78 is 32.2. The van der Waals surface area contributed by atoms with E-state index in [0.29, 0.717) is 17.6 Å². The lowest BCUT2D eigenvalue weighted by atomic mass is 10.3. The predicted octanol–water partition coefficient (Wildman–Crippen LogP) is 0.649. The minimum absolute atomic E-state index is 0.0274. The molecule has 2 atom stereocenters. The molecule has 2 rings (SSSR count). The van der Waals surface area contributed by atoms with Crippen LogP contribution in [-0.4, -0.2) is 66.4 Å². The van der Waals surface area contributed by atoms with Gasteiger partial charge >= 0.3 is 0 Å². The van der Waals surface area contributed by atoms with Crippen LogP contribution in [0.5, 0.6) is 0 Å². The van der Waals surface area contributed by atoms with Gasteiger partial charge in [-0.1, -0.05) is 0 Å². The molecule has 0 aromatic carbocycles. The number of hydrogen-bond acceptors (Lipinski definition) is 5.